The van der Waals surface area contributed by atoms with Crippen LogP contribution in [0.1, 0.15) is 52.0 Å². The number of hydrogen-bond donors (Lipinski definition) is 1. The van der Waals surface area contributed by atoms with Crippen LogP contribution in [0.5, 0.6) is 0 Å². The van der Waals surface area contributed by atoms with Gasteiger partial charge in [0.2, 0.25) is 0 Å². The molecule has 1 aliphatic rings. The molecule has 0 bridgehead atoms. The second-order valence-corrected chi connectivity index (χ2v) is 6.88. The van der Waals surface area contributed by atoms with Gasteiger partial charge in [0.25, 0.3) is 0 Å². The molecule has 0 amide bonds. The van der Waals surface area contributed by atoms with Crippen molar-refractivity contribution < 1.29 is 0 Å². The van der Waals surface area contributed by atoms with Gasteiger partial charge in [-0.25, -0.2) is 0 Å². The average molecular weight is 289 g/mol. The fourth-order valence-electron chi connectivity index (χ4n) is 3.82. The summed E-state index contributed by atoms with van der Waals surface area (Å²) >= 11 is 0. The van der Waals surface area contributed by atoms with Crippen molar-refractivity contribution in [1.82, 2.24) is 9.88 Å². The van der Waals surface area contributed by atoms with Gasteiger partial charge in [-0.05, 0) is 61.8 Å². The van der Waals surface area contributed by atoms with Crippen molar-refractivity contribution in [3.8, 4) is 0 Å². The summed E-state index contributed by atoms with van der Waals surface area (Å²) in [4.78, 5) is 6.71. The van der Waals surface area contributed by atoms with E-state index in [1.807, 2.05) is 12.4 Å². The monoisotopic (exact) mass is 289 g/mol. The lowest BCUT2D eigenvalue weighted by Crippen LogP contribution is -2.55. The first-order valence-corrected chi connectivity index (χ1v) is 8.45. The summed E-state index contributed by atoms with van der Waals surface area (Å²) in [5.74, 6) is 1.68. The predicted octanol–water partition coefficient (Wildman–Crippen LogP) is 3.45. The fourth-order valence-corrected chi connectivity index (χ4v) is 3.82. The highest BCUT2D eigenvalue weighted by Gasteiger charge is 2.39. The minimum Gasteiger partial charge on any atom is -0.329 e. The van der Waals surface area contributed by atoms with Crippen LogP contribution in [0.2, 0.25) is 0 Å². The van der Waals surface area contributed by atoms with Crippen LogP contribution in [0, 0.1) is 11.8 Å². The topological polar surface area (TPSA) is 42.2 Å². The summed E-state index contributed by atoms with van der Waals surface area (Å²) in [5, 5.41) is 0. The fraction of sp³-hybridized carbons (Fsp3) is 0.722. The number of pyridine rings is 1. The minimum atomic E-state index is 0.198. The van der Waals surface area contributed by atoms with Crippen molar-refractivity contribution in [3.05, 3.63) is 30.1 Å². The van der Waals surface area contributed by atoms with E-state index in [4.69, 9.17) is 5.73 Å². The molecule has 0 aliphatic heterocycles. The zero-order valence-electron chi connectivity index (χ0n) is 13.9. The van der Waals surface area contributed by atoms with Crippen LogP contribution < -0.4 is 5.73 Å². The van der Waals surface area contributed by atoms with Crippen molar-refractivity contribution in [2.75, 3.05) is 13.1 Å². The summed E-state index contributed by atoms with van der Waals surface area (Å²) in [6, 6.07) is 4.24. The zero-order valence-corrected chi connectivity index (χ0v) is 13.9. The summed E-state index contributed by atoms with van der Waals surface area (Å²) in [6.45, 7) is 9.79. The number of likely N-dealkylation sites (N-methyl/N-ethyl adjacent to an activating group) is 1. The predicted molar refractivity (Wildman–Crippen MR) is 88.9 cm³/mol. The lowest BCUT2D eigenvalue weighted by atomic mass is 9.72. The average Bonchev–Trinajstić information content (AvgIpc) is 2.53. The first-order valence-electron chi connectivity index (χ1n) is 8.45. The first-order chi connectivity index (χ1) is 10.1. The second-order valence-electron chi connectivity index (χ2n) is 6.88. The smallest absolute Gasteiger partial charge is 0.0335 e. The Balaban J connectivity index is 2.07. The zero-order chi connectivity index (χ0) is 15.3. The molecule has 0 saturated heterocycles. The summed E-state index contributed by atoms with van der Waals surface area (Å²) < 4.78 is 0. The molecular formula is C18H31N3. The third kappa shape index (κ3) is 3.83. The molecule has 3 heteroatoms. The van der Waals surface area contributed by atoms with Crippen molar-refractivity contribution in [2.24, 2.45) is 17.6 Å². The Morgan fingerprint density at radius 2 is 1.90 bits per heavy atom. The van der Waals surface area contributed by atoms with Gasteiger partial charge in [0.15, 0.2) is 0 Å². The largest absolute Gasteiger partial charge is 0.329 e. The summed E-state index contributed by atoms with van der Waals surface area (Å²) in [7, 11) is 0. The molecule has 1 aromatic heterocycles. The Morgan fingerprint density at radius 1 is 1.29 bits per heavy atom. The Bertz CT molecular complexity index is 408. The lowest BCUT2D eigenvalue weighted by Gasteiger charge is -2.48. The van der Waals surface area contributed by atoms with Crippen molar-refractivity contribution >= 4 is 0 Å². The Morgan fingerprint density at radius 3 is 2.38 bits per heavy atom. The maximum absolute atomic E-state index is 6.24. The van der Waals surface area contributed by atoms with E-state index in [-0.39, 0.29) is 5.54 Å². The van der Waals surface area contributed by atoms with Gasteiger partial charge in [-0.15, -0.1) is 0 Å². The standard InChI is InChI=1S/C18H31N3/c1-4-21(13-16-7-11-20-12-8-16)18(14-19)9-5-17(6-10-18)15(2)3/h7-8,11-12,15,17H,4-6,9-10,13-14,19H2,1-3H3. The molecule has 2 rings (SSSR count). The van der Waals surface area contributed by atoms with Gasteiger partial charge in [0, 0.05) is 31.0 Å². The molecular weight excluding hydrogens is 258 g/mol. The minimum absolute atomic E-state index is 0.198. The van der Waals surface area contributed by atoms with Crippen LogP contribution >= 0.6 is 0 Å². The molecule has 0 atom stereocenters. The van der Waals surface area contributed by atoms with E-state index in [2.05, 4.69) is 42.8 Å². The molecule has 1 saturated carbocycles. The highest BCUT2D eigenvalue weighted by atomic mass is 15.2. The van der Waals surface area contributed by atoms with Crippen LogP contribution in [0.3, 0.4) is 0 Å². The number of hydrogen-bond acceptors (Lipinski definition) is 3. The molecule has 3 nitrogen and oxygen atoms in total. The van der Waals surface area contributed by atoms with E-state index in [9.17, 15) is 0 Å². The highest BCUT2D eigenvalue weighted by molar-refractivity contribution is 5.11. The number of rotatable bonds is 6. The van der Waals surface area contributed by atoms with Gasteiger partial charge < -0.3 is 5.73 Å². The molecule has 0 aromatic carbocycles. The van der Waals surface area contributed by atoms with Gasteiger partial charge in [-0.3, -0.25) is 9.88 Å². The lowest BCUT2D eigenvalue weighted by molar-refractivity contribution is 0.0324. The SMILES string of the molecule is CCN(Cc1ccncc1)C1(CN)CCC(C(C)C)CC1. The normalized spacial score (nSPS) is 26.5. The number of nitrogens with zero attached hydrogens (tertiary/aromatic N) is 2. The molecule has 1 aliphatic carbocycles. The molecule has 1 fully saturated rings. The van der Waals surface area contributed by atoms with Gasteiger partial charge in [0.05, 0.1) is 0 Å². The number of aromatic nitrogens is 1. The maximum atomic E-state index is 6.24. The molecule has 0 unspecified atom stereocenters. The van der Waals surface area contributed by atoms with E-state index in [1.165, 1.54) is 31.2 Å². The van der Waals surface area contributed by atoms with Crippen LogP contribution in [0.25, 0.3) is 0 Å². The maximum Gasteiger partial charge on any atom is 0.0335 e. The summed E-state index contributed by atoms with van der Waals surface area (Å²) in [5.41, 5.74) is 7.77. The van der Waals surface area contributed by atoms with E-state index >= 15 is 0 Å². The quantitative estimate of drug-likeness (QED) is 0.872. The number of nitrogens with two attached hydrogens (primary N) is 1. The molecule has 2 N–H and O–H groups in total. The van der Waals surface area contributed by atoms with E-state index in [0.29, 0.717) is 0 Å². The van der Waals surface area contributed by atoms with E-state index in [0.717, 1.165) is 31.5 Å². The van der Waals surface area contributed by atoms with Gasteiger partial charge >= 0.3 is 0 Å². The van der Waals surface area contributed by atoms with Crippen molar-refractivity contribution in [1.29, 1.82) is 0 Å². The third-order valence-corrected chi connectivity index (χ3v) is 5.46. The van der Waals surface area contributed by atoms with E-state index in [1.54, 1.807) is 0 Å². The first kappa shape index (κ1) is 16.4. The van der Waals surface area contributed by atoms with Gasteiger partial charge in [-0.1, -0.05) is 20.8 Å². The highest BCUT2D eigenvalue weighted by Crippen LogP contribution is 2.39. The van der Waals surface area contributed by atoms with Crippen molar-refractivity contribution in [3.63, 3.8) is 0 Å². The molecule has 1 aromatic rings. The van der Waals surface area contributed by atoms with Gasteiger partial charge in [0.1, 0.15) is 0 Å². The van der Waals surface area contributed by atoms with Crippen molar-refractivity contribution in [2.45, 2.75) is 58.5 Å². The van der Waals surface area contributed by atoms with Crippen LogP contribution in [0.15, 0.2) is 24.5 Å². The third-order valence-electron chi connectivity index (χ3n) is 5.46. The van der Waals surface area contributed by atoms with Crippen LogP contribution in [0.4, 0.5) is 0 Å². The molecule has 118 valence electrons. The Kier molecular flexibility index (Phi) is 5.77. The summed E-state index contributed by atoms with van der Waals surface area (Å²) in [6.07, 6.45) is 8.89. The van der Waals surface area contributed by atoms with Crippen LogP contribution in [-0.4, -0.2) is 28.5 Å². The van der Waals surface area contributed by atoms with Crippen LogP contribution in [-0.2, 0) is 6.54 Å². The molecule has 0 radical (unpaired) electrons. The van der Waals surface area contributed by atoms with Gasteiger partial charge in [-0.2, -0.15) is 0 Å². The molecule has 21 heavy (non-hydrogen) atoms. The second kappa shape index (κ2) is 7.37. The Hall–Kier alpha value is -0.930. The molecule has 0 spiro atoms. The van der Waals surface area contributed by atoms with E-state index < -0.39 is 0 Å². The molecule has 1 heterocycles. The Labute approximate surface area is 129 Å².